The molecule has 0 heterocycles. The lowest BCUT2D eigenvalue weighted by molar-refractivity contribution is 0.0490. The highest BCUT2D eigenvalue weighted by Crippen LogP contribution is 2.32. The highest BCUT2D eigenvalue weighted by molar-refractivity contribution is 5.93. The van der Waals surface area contributed by atoms with Gasteiger partial charge >= 0.3 is 12.1 Å². The number of nitrogens with one attached hydrogen (secondary N) is 2. The van der Waals surface area contributed by atoms with E-state index in [2.05, 4.69) is 40.4 Å². The molecule has 1 fully saturated rings. The van der Waals surface area contributed by atoms with Gasteiger partial charge in [-0.2, -0.15) is 0 Å². The average molecular weight is 458 g/mol. The molecule has 182 valence electrons. The molecular formula is C26H39N3O4. The van der Waals surface area contributed by atoms with E-state index in [1.165, 1.54) is 7.11 Å². The van der Waals surface area contributed by atoms with Crippen LogP contribution < -0.4 is 15.5 Å². The first-order chi connectivity index (χ1) is 15.6. The van der Waals surface area contributed by atoms with E-state index in [1.54, 1.807) is 0 Å². The van der Waals surface area contributed by atoms with Crippen LogP contribution >= 0.6 is 0 Å². The quantitative estimate of drug-likeness (QED) is 0.496. The van der Waals surface area contributed by atoms with Crippen molar-refractivity contribution >= 4 is 17.7 Å². The van der Waals surface area contributed by atoms with Crippen LogP contribution in [0, 0.1) is 18.8 Å². The first-order valence-corrected chi connectivity index (χ1v) is 11.7. The predicted molar refractivity (Wildman–Crippen MR) is 132 cm³/mol. The van der Waals surface area contributed by atoms with Crippen LogP contribution in [0.1, 0.15) is 74.9 Å². The van der Waals surface area contributed by atoms with Crippen LogP contribution in [-0.2, 0) is 9.47 Å². The SMILES string of the molecule is CCN(c1cc(C#CCNC)cc(C(=O)OC)c1C)C1CCC(NC(=O)OC(C)(C)C)CC1. The van der Waals surface area contributed by atoms with Crippen molar-refractivity contribution in [3.8, 4) is 11.8 Å². The van der Waals surface area contributed by atoms with E-state index in [0.29, 0.717) is 18.2 Å². The van der Waals surface area contributed by atoms with E-state index in [4.69, 9.17) is 9.47 Å². The first kappa shape index (κ1) is 26.5. The van der Waals surface area contributed by atoms with Gasteiger partial charge in [-0.25, -0.2) is 9.59 Å². The van der Waals surface area contributed by atoms with Crippen molar-refractivity contribution in [2.45, 2.75) is 78.0 Å². The molecule has 1 aromatic carbocycles. The summed E-state index contributed by atoms with van der Waals surface area (Å²) in [4.78, 5) is 26.9. The Balaban J connectivity index is 2.21. The lowest BCUT2D eigenvalue weighted by Crippen LogP contribution is -2.45. The number of esters is 1. The maximum Gasteiger partial charge on any atom is 0.407 e. The molecule has 2 N–H and O–H groups in total. The summed E-state index contributed by atoms with van der Waals surface area (Å²) in [6.45, 7) is 11.1. The van der Waals surface area contributed by atoms with Crippen LogP contribution in [0.25, 0.3) is 0 Å². The van der Waals surface area contributed by atoms with Gasteiger partial charge in [0.2, 0.25) is 0 Å². The summed E-state index contributed by atoms with van der Waals surface area (Å²) in [5.41, 5.74) is 2.75. The highest BCUT2D eigenvalue weighted by Gasteiger charge is 2.29. The number of amides is 1. The molecule has 0 aromatic heterocycles. The zero-order valence-corrected chi connectivity index (χ0v) is 21.1. The number of ether oxygens (including phenoxy) is 2. The molecule has 0 spiro atoms. The van der Waals surface area contributed by atoms with Crippen molar-refractivity contribution in [3.05, 3.63) is 28.8 Å². The Morgan fingerprint density at radius 2 is 1.85 bits per heavy atom. The molecule has 0 saturated heterocycles. The fraction of sp³-hybridized carbons (Fsp3) is 0.615. The lowest BCUT2D eigenvalue weighted by atomic mass is 9.89. The van der Waals surface area contributed by atoms with Gasteiger partial charge in [0, 0.05) is 29.9 Å². The van der Waals surface area contributed by atoms with E-state index < -0.39 is 5.60 Å². The van der Waals surface area contributed by atoms with E-state index in [1.807, 2.05) is 40.8 Å². The first-order valence-electron chi connectivity index (χ1n) is 11.7. The molecule has 7 nitrogen and oxygen atoms in total. The van der Waals surface area contributed by atoms with Crippen molar-refractivity contribution in [1.29, 1.82) is 0 Å². The molecule has 1 aliphatic rings. The van der Waals surface area contributed by atoms with Crippen molar-refractivity contribution in [2.24, 2.45) is 0 Å². The van der Waals surface area contributed by atoms with E-state index in [9.17, 15) is 9.59 Å². The second-order valence-electron chi connectivity index (χ2n) is 9.43. The molecule has 0 aliphatic heterocycles. The second kappa shape index (κ2) is 11.9. The van der Waals surface area contributed by atoms with Crippen LogP contribution in [0.5, 0.6) is 0 Å². The second-order valence-corrected chi connectivity index (χ2v) is 9.43. The molecular weight excluding hydrogens is 418 g/mol. The van der Waals surface area contributed by atoms with Crippen molar-refractivity contribution in [3.63, 3.8) is 0 Å². The molecule has 1 aromatic rings. The Hall–Kier alpha value is -2.72. The number of nitrogens with zero attached hydrogens (tertiary/aromatic N) is 1. The highest BCUT2D eigenvalue weighted by atomic mass is 16.6. The summed E-state index contributed by atoms with van der Waals surface area (Å²) in [5.74, 6) is 5.87. The summed E-state index contributed by atoms with van der Waals surface area (Å²) in [5, 5.41) is 6.02. The number of alkyl carbamates (subject to hydrolysis) is 1. The number of hydrogen-bond donors (Lipinski definition) is 2. The third-order valence-electron chi connectivity index (χ3n) is 5.79. The molecule has 1 amide bonds. The standard InChI is InChI=1S/C26H39N3O4/c1-8-29(21-13-11-20(12-14-21)28-25(31)33-26(3,4)5)23-17-19(10-9-15-27-6)16-22(18(23)2)24(30)32-7/h16-17,20-21,27H,8,11-15H2,1-7H3,(H,28,31). The van der Waals surface area contributed by atoms with E-state index in [-0.39, 0.29) is 18.1 Å². The molecule has 0 unspecified atom stereocenters. The topological polar surface area (TPSA) is 79.9 Å². The number of anilines is 1. The Morgan fingerprint density at radius 1 is 1.18 bits per heavy atom. The molecule has 0 atom stereocenters. The van der Waals surface area contributed by atoms with Gasteiger partial charge in [0.15, 0.2) is 0 Å². The Labute approximate surface area is 198 Å². The molecule has 1 aliphatic carbocycles. The number of carbonyl (C=O) groups is 2. The minimum Gasteiger partial charge on any atom is -0.465 e. The van der Waals surface area contributed by atoms with Gasteiger partial charge < -0.3 is 25.0 Å². The number of rotatable bonds is 6. The zero-order chi connectivity index (χ0) is 24.6. The molecule has 33 heavy (non-hydrogen) atoms. The summed E-state index contributed by atoms with van der Waals surface area (Å²) in [7, 11) is 3.25. The van der Waals surface area contributed by atoms with Crippen LogP contribution in [-0.4, -0.2) is 57.0 Å². The maximum absolute atomic E-state index is 12.4. The molecule has 1 saturated carbocycles. The van der Waals surface area contributed by atoms with E-state index in [0.717, 1.165) is 49.0 Å². The van der Waals surface area contributed by atoms with Crippen LogP contribution in [0.3, 0.4) is 0 Å². The largest absolute Gasteiger partial charge is 0.465 e. The smallest absolute Gasteiger partial charge is 0.407 e. The van der Waals surface area contributed by atoms with Gasteiger partial charge in [0.05, 0.1) is 19.2 Å². The van der Waals surface area contributed by atoms with Crippen molar-refractivity contribution in [1.82, 2.24) is 10.6 Å². The van der Waals surface area contributed by atoms with Crippen LogP contribution in [0.15, 0.2) is 12.1 Å². The Bertz CT molecular complexity index is 887. The monoisotopic (exact) mass is 457 g/mol. The van der Waals surface area contributed by atoms with Gasteiger partial charge in [-0.1, -0.05) is 11.8 Å². The van der Waals surface area contributed by atoms with Gasteiger partial charge in [0.1, 0.15) is 5.60 Å². The molecule has 7 heteroatoms. The normalized spacial score (nSPS) is 18.0. The number of methoxy groups -OCH3 is 1. The maximum atomic E-state index is 12.4. The molecule has 0 radical (unpaired) electrons. The molecule has 2 rings (SSSR count). The Morgan fingerprint density at radius 3 is 2.39 bits per heavy atom. The minimum atomic E-state index is -0.504. The van der Waals surface area contributed by atoms with E-state index >= 15 is 0 Å². The van der Waals surface area contributed by atoms with Gasteiger partial charge in [-0.3, -0.25) is 0 Å². The lowest BCUT2D eigenvalue weighted by Gasteiger charge is -2.39. The van der Waals surface area contributed by atoms with Crippen LogP contribution in [0.4, 0.5) is 10.5 Å². The number of hydrogen-bond acceptors (Lipinski definition) is 6. The third kappa shape index (κ3) is 7.68. The van der Waals surface area contributed by atoms with Gasteiger partial charge in [-0.05, 0) is 85.0 Å². The van der Waals surface area contributed by atoms with Crippen molar-refractivity contribution in [2.75, 3.05) is 32.1 Å². The number of benzene rings is 1. The summed E-state index contributed by atoms with van der Waals surface area (Å²) >= 11 is 0. The third-order valence-corrected chi connectivity index (χ3v) is 5.79. The Kier molecular flexibility index (Phi) is 9.60. The average Bonchev–Trinajstić information content (AvgIpc) is 2.75. The van der Waals surface area contributed by atoms with Gasteiger partial charge in [0.25, 0.3) is 0 Å². The predicted octanol–water partition coefficient (Wildman–Crippen LogP) is 4.01. The summed E-state index contributed by atoms with van der Waals surface area (Å²) in [6, 6.07) is 4.30. The fourth-order valence-electron chi connectivity index (χ4n) is 4.26. The minimum absolute atomic E-state index is 0.111. The molecule has 0 bridgehead atoms. The fourth-order valence-corrected chi connectivity index (χ4v) is 4.26. The van der Waals surface area contributed by atoms with Crippen LogP contribution in [0.2, 0.25) is 0 Å². The summed E-state index contributed by atoms with van der Waals surface area (Å²) in [6.07, 6.45) is 3.29. The number of carbonyl (C=O) groups excluding carboxylic acids is 2. The zero-order valence-electron chi connectivity index (χ0n) is 21.1. The van der Waals surface area contributed by atoms with Crippen molar-refractivity contribution < 1.29 is 19.1 Å². The summed E-state index contributed by atoms with van der Waals surface area (Å²) < 4.78 is 10.4. The van der Waals surface area contributed by atoms with Gasteiger partial charge in [-0.15, -0.1) is 0 Å².